The number of phenolic OH excluding ortho intramolecular Hbond substituents is 1. The van der Waals surface area contributed by atoms with E-state index in [-0.39, 0.29) is 69.5 Å². The van der Waals surface area contributed by atoms with Crippen LogP contribution in [-0.2, 0) is 6.61 Å². The van der Waals surface area contributed by atoms with Gasteiger partial charge in [0, 0.05) is 6.07 Å². The molecule has 0 aliphatic carbocycles. The van der Waals surface area contributed by atoms with Gasteiger partial charge in [0.25, 0.3) is 0 Å². The van der Waals surface area contributed by atoms with Crippen LogP contribution in [0.3, 0.4) is 0 Å². The fourth-order valence-electron chi connectivity index (χ4n) is 1.68. The van der Waals surface area contributed by atoms with Crippen molar-refractivity contribution in [3.63, 3.8) is 0 Å². The van der Waals surface area contributed by atoms with E-state index in [2.05, 4.69) is 0 Å². The molecule has 106 valence electrons. The fraction of sp³-hybridized carbons (Fsp3) is 0.0769. The third-order valence-electron chi connectivity index (χ3n) is 2.64. The van der Waals surface area contributed by atoms with Crippen LogP contribution in [0.5, 0.6) is 11.5 Å². The molecule has 21 heavy (non-hydrogen) atoms. The van der Waals surface area contributed by atoms with Gasteiger partial charge in [-0.3, -0.25) is 0 Å². The van der Waals surface area contributed by atoms with Gasteiger partial charge in [0.1, 0.15) is 18.1 Å². The Morgan fingerprint density at radius 1 is 1.05 bits per heavy atom. The molecule has 2 aromatic rings. The molecular formula is C13H10BF4KO2. The average molecular weight is 324 g/mol. The van der Waals surface area contributed by atoms with E-state index >= 15 is 0 Å². The van der Waals surface area contributed by atoms with Crippen LogP contribution in [0.4, 0.5) is 17.3 Å². The van der Waals surface area contributed by atoms with E-state index in [4.69, 9.17) is 4.74 Å². The zero-order valence-corrected chi connectivity index (χ0v) is 14.3. The van der Waals surface area contributed by atoms with E-state index in [1.807, 2.05) is 0 Å². The Kier molecular flexibility index (Phi) is 6.74. The Hall–Kier alpha value is -0.539. The summed E-state index contributed by atoms with van der Waals surface area (Å²) in [6, 6.07) is 8.62. The summed E-state index contributed by atoms with van der Waals surface area (Å²) in [5.41, 5.74) is -0.649. The van der Waals surface area contributed by atoms with Gasteiger partial charge in [0.15, 0.2) is 0 Å². The Morgan fingerprint density at radius 2 is 1.76 bits per heavy atom. The molecule has 0 aromatic heterocycles. The number of halogens is 4. The molecule has 0 amide bonds. The summed E-state index contributed by atoms with van der Waals surface area (Å²) in [4.78, 5) is 0. The summed E-state index contributed by atoms with van der Waals surface area (Å²) in [6.07, 6.45) is 0. The zero-order chi connectivity index (χ0) is 14.8. The van der Waals surface area contributed by atoms with Crippen LogP contribution >= 0.6 is 0 Å². The third-order valence-corrected chi connectivity index (χ3v) is 2.64. The zero-order valence-electron chi connectivity index (χ0n) is 11.2. The summed E-state index contributed by atoms with van der Waals surface area (Å²) < 4.78 is 55.8. The molecule has 0 saturated heterocycles. The second-order valence-electron chi connectivity index (χ2n) is 4.22. The molecule has 2 aromatic carbocycles. The monoisotopic (exact) mass is 324 g/mol. The Morgan fingerprint density at radius 3 is 2.33 bits per heavy atom. The van der Waals surface area contributed by atoms with Crippen molar-refractivity contribution >= 4 is 12.4 Å². The number of phenols is 1. The van der Waals surface area contributed by atoms with E-state index in [1.54, 1.807) is 12.1 Å². The number of aromatic hydroxyl groups is 1. The second-order valence-corrected chi connectivity index (χ2v) is 4.22. The minimum absolute atomic E-state index is 0. The van der Waals surface area contributed by atoms with Crippen molar-refractivity contribution < 1.29 is 78.6 Å². The van der Waals surface area contributed by atoms with Gasteiger partial charge < -0.3 is 22.8 Å². The summed E-state index contributed by atoms with van der Waals surface area (Å²) in [5, 5.41) is 9.24. The number of hydrogen-bond acceptors (Lipinski definition) is 2. The van der Waals surface area contributed by atoms with E-state index < -0.39 is 18.3 Å². The van der Waals surface area contributed by atoms with Gasteiger partial charge in [-0.15, -0.1) is 0 Å². The molecule has 0 unspecified atom stereocenters. The van der Waals surface area contributed by atoms with Crippen LogP contribution in [0.15, 0.2) is 42.5 Å². The van der Waals surface area contributed by atoms with Crippen molar-refractivity contribution in [3.8, 4) is 11.5 Å². The minimum Gasteiger partial charge on any atom is -0.508 e. The largest absolute Gasteiger partial charge is 1.00 e. The summed E-state index contributed by atoms with van der Waals surface area (Å²) in [6.45, 7) is -5.35. The molecule has 0 radical (unpaired) electrons. The van der Waals surface area contributed by atoms with Crippen LogP contribution in [0, 0.1) is 5.82 Å². The molecule has 0 aliphatic heterocycles. The molecule has 0 fully saturated rings. The summed E-state index contributed by atoms with van der Waals surface area (Å²) >= 11 is 0. The molecule has 8 heteroatoms. The first-order chi connectivity index (χ1) is 9.36. The van der Waals surface area contributed by atoms with Crippen LogP contribution in [0.2, 0.25) is 0 Å². The minimum atomic E-state index is -5.37. The SMILES string of the molecule is Oc1cccc(COc2ccc([B-](F)(F)F)c(F)c2)c1.[K+]. The molecule has 0 saturated carbocycles. The van der Waals surface area contributed by atoms with Gasteiger partial charge in [0.2, 0.25) is 0 Å². The molecule has 2 nitrogen and oxygen atoms in total. The van der Waals surface area contributed by atoms with E-state index in [0.717, 1.165) is 6.07 Å². The van der Waals surface area contributed by atoms with Crippen molar-refractivity contribution in [1.29, 1.82) is 0 Å². The first-order valence-electron chi connectivity index (χ1n) is 5.76. The predicted octanol–water partition coefficient (Wildman–Crippen LogP) is 0.169. The van der Waals surface area contributed by atoms with Crippen molar-refractivity contribution in [1.82, 2.24) is 0 Å². The van der Waals surface area contributed by atoms with Crippen LogP contribution in [-0.4, -0.2) is 12.1 Å². The second kappa shape index (κ2) is 7.64. The standard InChI is InChI=1S/C13H10BF4O2.K/c15-13-7-11(4-5-12(13)14(16,17)18)20-8-9-2-1-3-10(19)6-9;/h1-7,19H,8H2;/q-1;+1. The van der Waals surface area contributed by atoms with Gasteiger partial charge in [-0.2, -0.15) is 0 Å². The molecule has 0 aliphatic rings. The maximum Gasteiger partial charge on any atom is 1.00 e. The topological polar surface area (TPSA) is 29.5 Å². The number of hydrogen-bond donors (Lipinski definition) is 1. The van der Waals surface area contributed by atoms with E-state index in [0.29, 0.717) is 17.7 Å². The molecule has 0 spiro atoms. The van der Waals surface area contributed by atoms with Gasteiger partial charge >= 0.3 is 58.4 Å². The van der Waals surface area contributed by atoms with E-state index in [9.17, 15) is 22.4 Å². The van der Waals surface area contributed by atoms with Gasteiger partial charge in [-0.25, -0.2) is 4.39 Å². The quantitative estimate of drug-likeness (QED) is 0.642. The Balaban J connectivity index is 0.00000220. The van der Waals surface area contributed by atoms with Gasteiger partial charge in [-0.1, -0.05) is 23.7 Å². The average Bonchev–Trinajstić information content (AvgIpc) is 2.35. The van der Waals surface area contributed by atoms with Gasteiger partial charge in [0.05, 0.1) is 5.82 Å². The molecule has 0 bridgehead atoms. The molecule has 2 rings (SSSR count). The molecule has 1 N–H and O–H groups in total. The van der Waals surface area contributed by atoms with Gasteiger partial charge in [-0.05, 0) is 23.8 Å². The van der Waals surface area contributed by atoms with Crippen molar-refractivity contribution in [2.24, 2.45) is 0 Å². The molecule has 0 heterocycles. The van der Waals surface area contributed by atoms with Crippen LogP contribution in [0.1, 0.15) is 5.56 Å². The first kappa shape index (κ1) is 18.5. The van der Waals surface area contributed by atoms with Crippen LogP contribution < -0.4 is 61.6 Å². The number of rotatable bonds is 4. The van der Waals surface area contributed by atoms with Crippen molar-refractivity contribution in [2.75, 3.05) is 0 Å². The van der Waals surface area contributed by atoms with Crippen LogP contribution in [0.25, 0.3) is 0 Å². The van der Waals surface area contributed by atoms with Crippen molar-refractivity contribution in [2.45, 2.75) is 6.61 Å². The number of benzene rings is 2. The molecular weight excluding hydrogens is 314 g/mol. The smallest absolute Gasteiger partial charge is 0.508 e. The summed E-state index contributed by atoms with van der Waals surface area (Å²) in [7, 11) is 0. The maximum atomic E-state index is 13.3. The fourth-order valence-corrected chi connectivity index (χ4v) is 1.68. The Bertz CT molecular complexity index is 619. The maximum absolute atomic E-state index is 13.3. The Labute approximate surface area is 161 Å². The van der Waals surface area contributed by atoms with E-state index in [1.165, 1.54) is 12.1 Å². The molecule has 0 atom stereocenters. The third kappa shape index (κ3) is 5.30. The summed E-state index contributed by atoms with van der Waals surface area (Å²) in [5.74, 6) is -1.31. The predicted molar refractivity (Wildman–Crippen MR) is 67.6 cm³/mol. The number of ether oxygens (including phenoxy) is 1. The normalized spacial score (nSPS) is 10.9. The first-order valence-corrected chi connectivity index (χ1v) is 5.76. The van der Waals surface area contributed by atoms with Crippen molar-refractivity contribution in [3.05, 3.63) is 53.8 Å².